The van der Waals surface area contributed by atoms with Crippen molar-refractivity contribution < 1.29 is 22.7 Å². The molecule has 0 aromatic heterocycles. The van der Waals surface area contributed by atoms with Crippen molar-refractivity contribution in [3.63, 3.8) is 0 Å². The summed E-state index contributed by atoms with van der Waals surface area (Å²) in [6, 6.07) is 19.7. The molecule has 0 saturated carbocycles. The number of benzene rings is 3. The number of anilines is 2. The third-order valence-corrected chi connectivity index (χ3v) is 6.90. The maximum absolute atomic E-state index is 13.4. The Morgan fingerprint density at radius 3 is 2.23 bits per heavy atom. The molecule has 0 heterocycles. The molecule has 0 fully saturated rings. The first-order valence-corrected chi connectivity index (χ1v) is 11.4. The number of nitrogens with zero attached hydrogens (tertiary/aromatic N) is 1. The van der Waals surface area contributed by atoms with Crippen LogP contribution in [0, 0.1) is 0 Å². The van der Waals surface area contributed by atoms with Gasteiger partial charge in [-0.05, 0) is 52.3 Å². The minimum absolute atomic E-state index is 0.0680. The van der Waals surface area contributed by atoms with Crippen LogP contribution in [0.2, 0.25) is 0 Å². The van der Waals surface area contributed by atoms with Gasteiger partial charge in [-0.25, -0.2) is 8.42 Å². The lowest BCUT2D eigenvalue weighted by atomic mass is 10.2. The van der Waals surface area contributed by atoms with Gasteiger partial charge >= 0.3 is 0 Å². The SMILES string of the molecule is COc1ccc(N(CC(=O)Nc2ccccc2Br)S(=O)(=O)c2ccccc2)cc1OC. The molecule has 0 bridgehead atoms. The van der Waals surface area contributed by atoms with Gasteiger partial charge in [0.05, 0.1) is 30.5 Å². The fourth-order valence-corrected chi connectivity index (χ4v) is 4.72. The summed E-state index contributed by atoms with van der Waals surface area (Å²) in [5.41, 5.74) is 0.806. The van der Waals surface area contributed by atoms with E-state index in [9.17, 15) is 13.2 Å². The summed E-state index contributed by atoms with van der Waals surface area (Å²) in [5, 5.41) is 2.74. The molecule has 162 valence electrons. The van der Waals surface area contributed by atoms with E-state index in [1.807, 2.05) is 6.07 Å². The molecule has 31 heavy (non-hydrogen) atoms. The summed E-state index contributed by atoms with van der Waals surface area (Å²) < 4.78 is 39.1. The first kappa shape index (κ1) is 22.6. The maximum atomic E-state index is 13.4. The van der Waals surface area contributed by atoms with Crippen molar-refractivity contribution in [2.75, 3.05) is 30.4 Å². The zero-order valence-corrected chi connectivity index (χ0v) is 19.3. The van der Waals surface area contributed by atoms with Gasteiger partial charge in [0.2, 0.25) is 5.91 Å². The molecule has 0 aliphatic heterocycles. The van der Waals surface area contributed by atoms with Crippen LogP contribution in [0.15, 0.2) is 82.2 Å². The van der Waals surface area contributed by atoms with E-state index in [-0.39, 0.29) is 10.6 Å². The van der Waals surface area contributed by atoms with Crippen LogP contribution in [-0.2, 0) is 14.8 Å². The van der Waals surface area contributed by atoms with E-state index in [4.69, 9.17) is 9.47 Å². The van der Waals surface area contributed by atoms with Gasteiger partial charge in [0.25, 0.3) is 10.0 Å². The number of nitrogens with one attached hydrogen (secondary N) is 1. The lowest BCUT2D eigenvalue weighted by Crippen LogP contribution is -2.38. The third kappa shape index (κ3) is 5.18. The summed E-state index contributed by atoms with van der Waals surface area (Å²) in [6.45, 7) is -0.436. The van der Waals surface area contributed by atoms with Crippen molar-refractivity contribution in [3.05, 3.63) is 77.3 Å². The number of carbonyl (C=O) groups excluding carboxylic acids is 1. The van der Waals surface area contributed by atoms with Crippen molar-refractivity contribution in [2.45, 2.75) is 4.90 Å². The Morgan fingerprint density at radius 2 is 1.58 bits per heavy atom. The number of methoxy groups -OCH3 is 2. The van der Waals surface area contributed by atoms with E-state index in [0.29, 0.717) is 21.7 Å². The summed E-state index contributed by atoms with van der Waals surface area (Å²) in [4.78, 5) is 12.9. The molecule has 1 amide bonds. The van der Waals surface area contributed by atoms with Gasteiger partial charge in [0, 0.05) is 10.5 Å². The highest BCUT2D eigenvalue weighted by atomic mass is 79.9. The van der Waals surface area contributed by atoms with Crippen LogP contribution in [0.5, 0.6) is 11.5 Å². The van der Waals surface area contributed by atoms with E-state index < -0.39 is 22.5 Å². The standard InChI is InChI=1S/C22H21BrN2O5S/c1-29-20-13-12-16(14-21(20)30-2)25(31(27,28)17-8-4-3-5-9-17)15-22(26)24-19-11-7-6-10-18(19)23/h3-14H,15H2,1-2H3,(H,24,26). The van der Waals surface area contributed by atoms with Gasteiger partial charge < -0.3 is 14.8 Å². The molecule has 7 nitrogen and oxygen atoms in total. The Bertz CT molecular complexity index is 1170. The second kappa shape index (κ2) is 9.84. The third-order valence-electron chi connectivity index (χ3n) is 4.42. The summed E-state index contributed by atoms with van der Waals surface area (Å²) in [5.74, 6) is 0.293. The van der Waals surface area contributed by atoms with Crippen LogP contribution in [0.1, 0.15) is 0 Å². The van der Waals surface area contributed by atoms with E-state index in [1.165, 1.54) is 32.4 Å². The first-order valence-electron chi connectivity index (χ1n) is 9.21. The molecule has 0 atom stereocenters. The second-order valence-electron chi connectivity index (χ2n) is 6.39. The summed E-state index contributed by atoms with van der Waals surface area (Å²) >= 11 is 3.37. The molecule has 9 heteroatoms. The fourth-order valence-electron chi connectivity index (χ4n) is 2.90. The molecule has 0 aliphatic rings. The largest absolute Gasteiger partial charge is 0.493 e. The average molecular weight is 505 g/mol. The molecular formula is C22H21BrN2O5S. The predicted molar refractivity (Wildman–Crippen MR) is 123 cm³/mol. The number of rotatable bonds is 8. The molecule has 0 radical (unpaired) electrons. The highest BCUT2D eigenvalue weighted by Gasteiger charge is 2.28. The van der Waals surface area contributed by atoms with Crippen LogP contribution in [0.4, 0.5) is 11.4 Å². The molecule has 0 saturated heterocycles. The maximum Gasteiger partial charge on any atom is 0.264 e. The van der Waals surface area contributed by atoms with Crippen molar-refractivity contribution in [1.82, 2.24) is 0 Å². The van der Waals surface area contributed by atoms with Gasteiger partial charge in [0.1, 0.15) is 6.54 Å². The number of sulfonamides is 1. The minimum Gasteiger partial charge on any atom is -0.493 e. The van der Waals surface area contributed by atoms with E-state index in [0.717, 1.165) is 4.31 Å². The minimum atomic E-state index is -4.03. The first-order chi connectivity index (χ1) is 14.9. The number of para-hydroxylation sites is 1. The Hall–Kier alpha value is -3.04. The van der Waals surface area contributed by atoms with E-state index >= 15 is 0 Å². The number of ether oxygens (including phenoxy) is 2. The van der Waals surface area contributed by atoms with Crippen LogP contribution < -0.4 is 19.1 Å². The quantitative estimate of drug-likeness (QED) is 0.494. The van der Waals surface area contributed by atoms with Gasteiger partial charge in [0.15, 0.2) is 11.5 Å². The van der Waals surface area contributed by atoms with Gasteiger partial charge in [-0.2, -0.15) is 0 Å². The Morgan fingerprint density at radius 1 is 0.935 bits per heavy atom. The normalized spacial score (nSPS) is 10.9. The molecule has 0 unspecified atom stereocenters. The molecule has 1 N–H and O–H groups in total. The lowest BCUT2D eigenvalue weighted by Gasteiger charge is -2.25. The highest BCUT2D eigenvalue weighted by molar-refractivity contribution is 9.10. The van der Waals surface area contributed by atoms with Crippen LogP contribution in [0.25, 0.3) is 0 Å². The summed E-state index contributed by atoms with van der Waals surface area (Å²) in [7, 11) is -1.09. The Labute approximate surface area is 189 Å². The number of halogens is 1. The van der Waals surface area contributed by atoms with Gasteiger partial charge in [-0.3, -0.25) is 9.10 Å². The number of hydrogen-bond donors (Lipinski definition) is 1. The highest BCUT2D eigenvalue weighted by Crippen LogP contribution is 2.34. The van der Waals surface area contributed by atoms with Crippen LogP contribution >= 0.6 is 15.9 Å². The molecule has 3 aromatic rings. The molecule has 3 aromatic carbocycles. The fraction of sp³-hybridized carbons (Fsp3) is 0.136. The topological polar surface area (TPSA) is 84.9 Å². The van der Waals surface area contributed by atoms with Crippen LogP contribution in [0.3, 0.4) is 0 Å². The van der Waals surface area contributed by atoms with Crippen molar-refractivity contribution in [3.8, 4) is 11.5 Å². The molecule has 0 aliphatic carbocycles. The van der Waals surface area contributed by atoms with Crippen molar-refractivity contribution in [1.29, 1.82) is 0 Å². The van der Waals surface area contributed by atoms with Gasteiger partial charge in [-0.1, -0.05) is 30.3 Å². The second-order valence-corrected chi connectivity index (χ2v) is 9.11. The number of amides is 1. The molecule has 0 spiro atoms. The number of hydrogen-bond acceptors (Lipinski definition) is 5. The van der Waals surface area contributed by atoms with Crippen LogP contribution in [-0.4, -0.2) is 35.1 Å². The van der Waals surface area contributed by atoms with Crippen molar-refractivity contribution in [2.24, 2.45) is 0 Å². The van der Waals surface area contributed by atoms with E-state index in [1.54, 1.807) is 48.5 Å². The summed E-state index contributed by atoms with van der Waals surface area (Å²) in [6.07, 6.45) is 0. The monoisotopic (exact) mass is 504 g/mol. The van der Waals surface area contributed by atoms with Crippen molar-refractivity contribution >= 4 is 43.2 Å². The van der Waals surface area contributed by atoms with Gasteiger partial charge in [-0.15, -0.1) is 0 Å². The Kier molecular flexibility index (Phi) is 7.19. The average Bonchev–Trinajstić information content (AvgIpc) is 2.79. The number of carbonyl (C=O) groups is 1. The smallest absolute Gasteiger partial charge is 0.264 e. The van der Waals surface area contributed by atoms with E-state index in [2.05, 4.69) is 21.2 Å². The molecular weight excluding hydrogens is 484 g/mol. The zero-order chi connectivity index (χ0) is 22.4. The Balaban J connectivity index is 2.01. The lowest BCUT2D eigenvalue weighted by molar-refractivity contribution is -0.114. The molecule has 3 rings (SSSR count). The predicted octanol–water partition coefficient (Wildman–Crippen LogP) is 4.30. The zero-order valence-electron chi connectivity index (χ0n) is 16.9.